The minimum atomic E-state index is -0.286. The zero-order chi connectivity index (χ0) is 14.7. The van der Waals surface area contributed by atoms with Gasteiger partial charge in [0.15, 0.2) is 0 Å². The summed E-state index contributed by atoms with van der Waals surface area (Å²) in [6, 6.07) is 9.29. The van der Waals surface area contributed by atoms with Gasteiger partial charge in [0.2, 0.25) is 0 Å². The Morgan fingerprint density at radius 2 is 2.05 bits per heavy atom. The molecule has 0 saturated carbocycles. The molecule has 4 nitrogen and oxygen atoms in total. The molecular weight excluding hydrogens is 271 g/mol. The molecule has 1 aliphatic rings. The maximum Gasteiger partial charge on any atom is 0.266 e. The summed E-state index contributed by atoms with van der Waals surface area (Å²) in [5, 5.41) is 4.39. The SMILES string of the molecule is O=c1ccc(-c2ccc(F)cc2)nn1CC1CCCOC1. The fraction of sp³-hybridized carbons (Fsp3) is 0.375. The van der Waals surface area contributed by atoms with Crippen LogP contribution in [0.1, 0.15) is 12.8 Å². The van der Waals surface area contributed by atoms with Crippen molar-refractivity contribution in [3.63, 3.8) is 0 Å². The first-order chi connectivity index (χ1) is 10.2. The molecule has 110 valence electrons. The van der Waals surface area contributed by atoms with Crippen LogP contribution >= 0.6 is 0 Å². The Labute approximate surface area is 122 Å². The van der Waals surface area contributed by atoms with Gasteiger partial charge in [-0.15, -0.1) is 0 Å². The normalized spacial score (nSPS) is 18.6. The van der Waals surface area contributed by atoms with E-state index in [0.717, 1.165) is 25.0 Å². The number of halogens is 1. The van der Waals surface area contributed by atoms with Crippen LogP contribution in [0.3, 0.4) is 0 Å². The number of nitrogens with zero attached hydrogens (tertiary/aromatic N) is 2. The molecule has 0 radical (unpaired) electrons. The van der Waals surface area contributed by atoms with Crippen LogP contribution in [0.25, 0.3) is 11.3 Å². The first-order valence-electron chi connectivity index (χ1n) is 7.14. The summed E-state index contributed by atoms with van der Waals surface area (Å²) < 4.78 is 19.9. The van der Waals surface area contributed by atoms with Crippen LogP contribution in [0.15, 0.2) is 41.2 Å². The van der Waals surface area contributed by atoms with Gasteiger partial charge in [-0.05, 0) is 43.2 Å². The molecule has 2 heterocycles. The third-order valence-corrected chi connectivity index (χ3v) is 3.69. The number of aromatic nitrogens is 2. The van der Waals surface area contributed by atoms with E-state index in [1.165, 1.54) is 22.9 Å². The van der Waals surface area contributed by atoms with E-state index in [2.05, 4.69) is 5.10 Å². The van der Waals surface area contributed by atoms with Crippen molar-refractivity contribution in [3.05, 3.63) is 52.6 Å². The molecule has 1 aromatic carbocycles. The van der Waals surface area contributed by atoms with Gasteiger partial charge in [0.05, 0.1) is 12.3 Å². The Bertz CT molecular complexity index is 661. The van der Waals surface area contributed by atoms with Gasteiger partial charge < -0.3 is 4.74 Å². The lowest BCUT2D eigenvalue weighted by molar-refractivity contribution is 0.0464. The fourth-order valence-electron chi connectivity index (χ4n) is 2.55. The highest BCUT2D eigenvalue weighted by Crippen LogP contribution is 2.17. The summed E-state index contributed by atoms with van der Waals surface area (Å²) >= 11 is 0. The lowest BCUT2D eigenvalue weighted by atomic mass is 10.0. The molecule has 1 fully saturated rings. The van der Waals surface area contributed by atoms with Gasteiger partial charge >= 0.3 is 0 Å². The summed E-state index contributed by atoms with van der Waals surface area (Å²) in [5.41, 5.74) is 1.35. The Hall–Kier alpha value is -2.01. The third kappa shape index (κ3) is 3.36. The van der Waals surface area contributed by atoms with Crippen LogP contribution < -0.4 is 5.56 Å². The molecule has 0 aliphatic carbocycles. The maximum atomic E-state index is 13.0. The van der Waals surface area contributed by atoms with Crippen LogP contribution in [-0.4, -0.2) is 23.0 Å². The second-order valence-electron chi connectivity index (χ2n) is 5.33. The first kappa shape index (κ1) is 13.9. The van der Waals surface area contributed by atoms with E-state index in [1.54, 1.807) is 18.2 Å². The number of ether oxygens (including phenoxy) is 1. The molecule has 2 aromatic rings. The van der Waals surface area contributed by atoms with Gasteiger partial charge in [0, 0.05) is 30.7 Å². The number of rotatable bonds is 3. The maximum absolute atomic E-state index is 13.0. The van der Waals surface area contributed by atoms with Crippen molar-refractivity contribution in [2.75, 3.05) is 13.2 Å². The summed E-state index contributed by atoms with van der Waals surface area (Å²) in [7, 11) is 0. The number of benzene rings is 1. The molecule has 21 heavy (non-hydrogen) atoms. The lowest BCUT2D eigenvalue weighted by Crippen LogP contribution is -2.30. The van der Waals surface area contributed by atoms with Crippen LogP contribution in [0.2, 0.25) is 0 Å². The second-order valence-corrected chi connectivity index (χ2v) is 5.33. The smallest absolute Gasteiger partial charge is 0.266 e. The van der Waals surface area contributed by atoms with Crippen molar-refractivity contribution in [2.45, 2.75) is 19.4 Å². The molecule has 0 bridgehead atoms. The van der Waals surface area contributed by atoms with Crippen LogP contribution in [0.5, 0.6) is 0 Å². The second kappa shape index (κ2) is 6.18. The topological polar surface area (TPSA) is 44.1 Å². The Balaban J connectivity index is 1.85. The molecule has 1 unspecified atom stereocenters. The average Bonchev–Trinajstić information content (AvgIpc) is 2.51. The van der Waals surface area contributed by atoms with Crippen molar-refractivity contribution in [1.29, 1.82) is 0 Å². The molecule has 0 amide bonds. The largest absolute Gasteiger partial charge is 0.381 e. The third-order valence-electron chi connectivity index (χ3n) is 3.69. The monoisotopic (exact) mass is 288 g/mol. The first-order valence-corrected chi connectivity index (χ1v) is 7.14. The highest BCUT2D eigenvalue weighted by Gasteiger charge is 2.16. The highest BCUT2D eigenvalue weighted by molar-refractivity contribution is 5.57. The Morgan fingerprint density at radius 3 is 2.76 bits per heavy atom. The fourth-order valence-corrected chi connectivity index (χ4v) is 2.55. The van der Waals surface area contributed by atoms with Gasteiger partial charge in [-0.1, -0.05) is 0 Å². The van der Waals surface area contributed by atoms with E-state index in [-0.39, 0.29) is 11.4 Å². The van der Waals surface area contributed by atoms with Crippen LogP contribution in [-0.2, 0) is 11.3 Å². The zero-order valence-corrected chi connectivity index (χ0v) is 11.7. The average molecular weight is 288 g/mol. The van der Waals surface area contributed by atoms with Gasteiger partial charge in [0.25, 0.3) is 5.56 Å². The van der Waals surface area contributed by atoms with Gasteiger partial charge in [-0.2, -0.15) is 5.10 Å². The molecule has 1 saturated heterocycles. The van der Waals surface area contributed by atoms with Crippen molar-refractivity contribution in [3.8, 4) is 11.3 Å². The van der Waals surface area contributed by atoms with Crippen molar-refractivity contribution in [2.24, 2.45) is 5.92 Å². The van der Waals surface area contributed by atoms with E-state index in [0.29, 0.717) is 24.8 Å². The van der Waals surface area contributed by atoms with E-state index >= 15 is 0 Å². The van der Waals surface area contributed by atoms with Crippen LogP contribution in [0.4, 0.5) is 4.39 Å². The molecule has 1 aliphatic heterocycles. The predicted molar refractivity (Wildman–Crippen MR) is 77.4 cm³/mol. The molecule has 0 N–H and O–H groups in total. The molecule has 0 spiro atoms. The molecule has 1 atom stereocenters. The van der Waals surface area contributed by atoms with Gasteiger partial charge in [0.1, 0.15) is 5.82 Å². The summed E-state index contributed by atoms with van der Waals surface area (Å²) in [5.74, 6) is 0.0406. The quantitative estimate of drug-likeness (QED) is 0.871. The molecule has 1 aromatic heterocycles. The standard InChI is InChI=1S/C16H17FN2O2/c17-14-5-3-13(4-6-14)15-7-8-16(20)19(18-15)10-12-2-1-9-21-11-12/h3-8,12H,1-2,9-11H2. The van der Waals surface area contributed by atoms with E-state index in [9.17, 15) is 9.18 Å². The van der Waals surface area contributed by atoms with Gasteiger partial charge in [-0.3, -0.25) is 4.79 Å². The number of hydrogen-bond donors (Lipinski definition) is 0. The zero-order valence-electron chi connectivity index (χ0n) is 11.7. The van der Waals surface area contributed by atoms with Crippen molar-refractivity contribution < 1.29 is 9.13 Å². The van der Waals surface area contributed by atoms with E-state index < -0.39 is 0 Å². The van der Waals surface area contributed by atoms with E-state index in [4.69, 9.17) is 4.74 Å². The summed E-state index contributed by atoms with van der Waals surface area (Å²) in [6.45, 7) is 2.04. The Morgan fingerprint density at radius 1 is 1.24 bits per heavy atom. The predicted octanol–water partition coefficient (Wildman–Crippen LogP) is 2.48. The minimum absolute atomic E-state index is 0.119. The van der Waals surface area contributed by atoms with Crippen LogP contribution in [0, 0.1) is 11.7 Å². The Kier molecular flexibility index (Phi) is 4.10. The summed E-state index contributed by atoms with van der Waals surface area (Å²) in [6.07, 6.45) is 2.08. The lowest BCUT2D eigenvalue weighted by Gasteiger charge is -2.22. The van der Waals surface area contributed by atoms with E-state index in [1.807, 2.05) is 0 Å². The number of hydrogen-bond acceptors (Lipinski definition) is 3. The van der Waals surface area contributed by atoms with Crippen molar-refractivity contribution in [1.82, 2.24) is 9.78 Å². The minimum Gasteiger partial charge on any atom is -0.381 e. The van der Waals surface area contributed by atoms with Crippen molar-refractivity contribution >= 4 is 0 Å². The molecule has 3 rings (SSSR count). The molecule has 5 heteroatoms. The van der Waals surface area contributed by atoms with Gasteiger partial charge in [-0.25, -0.2) is 9.07 Å². The molecular formula is C16H17FN2O2. The highest BCUT2D eigenvalue weighted by atomic mass is 19.1. The summed E-state index contributed by atoms with van der Waals surface area (Å²) in [4.78, 5) is 11.9.